The fraction of sp³-hybridized carbons (Fsp3) is 0.188. The molecule has 1 heterocycles. The zero-order chi connectivity index (χ0) is 13.9. The van der Waals surface area contributed by atoms with Gasteiger partial charge in [0.1, 0.15) is 10.8 Å². The molecule has 3 nitrogen and oxygen atoms in total. The molecule has 0 amide bonds. The fourth-order valence-electron chi connectivity index (χ4n) is 2.16. The molecule has 0 saturated heterocycles. The van der Waals surface area contributed by atoms with E-state index in [0.29, 0.717) is 6.61 Å². The van der Waals surface area contributed by atoms with Gasteiger partial charge in [-0.25, -0.2) is 4.98 Å². The van der Waals surface area contributed by atoms with E-state index in [-0.39, 0.29) is 0 Å². The number of hydrogen-bond donors (Lipinski definition) is 1. The molecule has 0 aliphatic rings. The third-order valence-electron chi connectivity index (χ3n) is 3.10. The summed E-state index contributed by atoms with van der Waals surface area (Å²) in [6.07, 6.45) is 0. The molecule has 0 bridgehead atoms. The SMILES string of the molecule is CCOc1ccc2nc(-c3ccccc3NC)sc2c1. The first kappa shape index (κ1) is 12.9. The van der Waals surface area contributed by atoms with Gasteiger partial charge >= 0.3 is 0 Å². The number of ether oxygens (including phenoxy) is 1. The van der Waals surface area contributed by atoms with Crippen molar-refractivity contribution in [2.75, 3.05) is 19.0 Å². The normalized spacial score (nSPS) is 10.7. The second kappa shape index (κ2) is 5.51. The monoisotopic (exact) mass is 284 g/mol. The van der Waals surface area contributed by atoms with E-state index in [9.17, 15) is 0 Å². The summed E-state index contributed by atoms with van der Waals surface area (Å²) in [6, 6.07) is 14.3. The van der Waals surface area contributed by atoms with E-state index >= 15 is 0 Å². The first-order valence-corrected chi connectivity index (χ1v) is 7.44. The molecule has 4 heteroatoms. The maximum absolute atomic E-state index is 5.54. The van der Waals surface area contributed by atoms with Crippen LogP contribution in [0.15, 0.2) is 42.5 Å². The Morgan fingerprint density at radius 2 is 2.05 bits per heavy atom. The minimum absolute atomic E-state index is 0.680. The van der Waals surface area contributed by atoms with Crippen LogP contribution < -0.4 is 10.1 Å². The molecular weight excluding hydrogens is 268 g/mol. The quantitative estimate of drug-likeness (QED) is 0.771. The Morgan fingerprint density at radius 1 is 1.20 bits per heavy atom. The number of thiazole rings is 1. The average Bonchev–Trinajstić information content (AvgIpc) is 2.90. The van der Waals surface area contributed by atoms with Gasteiger partial charge in [-0.15, -0.1) is 11.3 Å². The molecular formula is C16H16N2OS. The van der Waals surface area contributed by atoms with Crippen LogP contribution in [0.5, 0.6) is 5.75 Å². The van der Waals surface area contributed by atoms with Crippen molar-refractivity contribution in [3.05, 3.63) is 42.5 Å². The Bertz CT molecular complexity index is 736. The third-order valence-corrected chi connectivity index (χ3v) is 4.15. The smallest absolute Gasteiger partial charge is 0.126 e. The van der Waals surface area contributed by atoms with Crippen molar-refractivity contribution in [1.82, 2.24) is 4.98 Å². The predicted octanol–water partition coefficient (Wildman–Crippen LogP) is 4.40. The number of para-hydroxylation sites is 1. The minimum atomic E-state index is 0.680. The summed E-state index contributed by atoms with van der Waals surface area (Å²) in [5.41, 5.74) is 3.24. The van der Waals surface area contributed by atoms with Crippen LogP contribution in [-0.2, 0) is 0 Å². The molecule has 0 aliphatic heterocycles. The zero-order valence-corrected chi connectivity index (χ0v) is 12.3. The molecule has 1 N–H and O–H groups in total. The number of nitrogens with zero attached hydrogens (tertiary/aromatic N) is 1. The van der Waals surface area contributed by atoms with Gasteiger partial charge in [0.15, 0.2) is 0 Å². The van der Waals surface area contributed by atoms with Crippen LogP contribution >= 0.6 is 11.3 Å². The van der Waals surface area contributed by atoms with Crippen LogP contribution in [0.3, 0.4) is 0 Å². The standard InChI is InChI=1S/C16H16N2OS/c1-3-19-11-8-9-14-15(10-11)20-16(18-14)12-6-4-5-7-13(12)17-2/h4-10,17H,3H2,1-2H3. The van der Waals surface area contributed by atoms with Crippen LogP contribution in [0.25, 0.3) is 20.8 Å². The van der Waals surface area contributed by atoms with E-state index in [1.165, 1.54) is 0 Å². The summed E-state index contributed by atoms with van der Waals surface area (Å²) in [5.74, 6) is 0.900. The number of anilines is 1. The van der Waals surface area contributed by atoms with Crippen LogP contribution in [0, 0.1) is 0 Å². The predicted molar refractivity (Wildman–Crippen MR) is 85.8 cm³/mol. The number of fused-ring (bicyclic) bond motifs is 1. The van der Waals surface area contributed by atoms with Gasteiger partial charge in [-0.2, -0.15) is 0 Å². The van der Waals surface area contributed by atoms with Gasteiger partial charge in [0, 0.05) is 18.3 Å². The first-order chi connectivity index (χ1) is 9.81. The van der Waals surface area contributed by atoms with Crippen LogP contribution in [0.2, 0.25) is 0 Å². The van der Waals surface area contributed by atoms with Gasteiger partial charge in [0.2, 0.25) is 0 Å². The highest BCUT2D eigenvalue weighted by atomic mass is 32.1. The number of rotatable bonds is 4. The molecule has 0 radical (unpaired) electrons. The summed E-state index contributed by atoms with van der Waals surface area (Å²) >= 11 is 1.69. The van der Waals surface area contributed by atoms with Gasteiger partial charge < -0.3 is 10.1 Å². The topological polar surface area (TPSA) is 34.1 Å². The summed E-state index contributed by atoms with van der Waals surface area (Å²) in [5, 5.41) is 4.24. The number of hydrogen-bond acceptors (Lipinski definition) is 4. The third kappa shape index (κ3) is 2.34. The van der Waals surface area contributed by atoms with Crippen molar-refractivity contribution in [3.8, 4) is 16.3 Å². The van der Waals surface area contributed by atoms with E-state index in [0.717, 1.165) is 32.2 Å². The maximum Gasteiger partial charge on any atom is 0.126 e. The fourth-order valence-corrected chi connectivity index (χ4v) is 3.20. The van der Waals surface area contributed by atoms with Crippen molar-refractivity contribution in [3.63, 3.8) is 0 Å². The molecule has 0 fully saturated rings. The highest BCUT2D eigenvalue weighted by molar-refractivity contribution is 7.21. The molecule has 102 valence electrons. The van der Waals surface area contributed by atoms with Crippen molar-refractivity contribution in [2.24, 2.45) is 0 Å². The Kier molecular flexibility index (Phi) is 3.56. The molecule has 0 unspecified atom stereocenters. The summed E-state index contributed by atoms with van der Waals surface area (Å²) in [6.45, 7) is 2.67. The van der Waals surface area contributed by atoms with Gasteiger partial charge in [-0.05, 0) is 37.3 Å². The van der Waals surface area contributed by atoms with Gasteiger partial charge in [0.05, 0.1) is 16.8 Å². The summed E-state index contributed by atoms with van der Waals surface area (Å²) < 4.78 is 6.69. The lowest BCUT2D eigenvalue weighted by Crippen LogP contribution is -1.90. The molecule has 0 saturated carbocycles. The highest BCUT2D eigenvalue weighted by Gasteiger charge is 2.10. The van der Waals surface area contributed by atoms with Crippen LogP contribution in [0.4, 0.5) is 5.69 Å². The lowest BCUT2D eigenvalue weighted by atomic mass is 10.2. The Hall–Kier alpha value is -2.07. The molecule has 20 heavy (non-hydrogen) atoms. The second-order valence-corrected chi connectivity index (χ2v) is 5.41. The molecule has 3 rings (SSSR count). The summed E-state index contributed by atoms with van der Waals surface area (Å²) in [4.78, 5) is 4.72. The Morgan fingerprint density at radius 3 is 2.85 bits per heavy atom. The largest absolute Gasteiger partial charge is 0.494 e. The Balaban J connectivity index is 2.08. The lowest BCUT2D eigenvalue weighted by Gasteiger charge is -2.04. The molecule has 0 aliphatic carbocycles. The van der Waals surface area contributed by atoms with E-state index in [2.05, 4.69) is 23.5 Å². The highest BCUT2D eigenvalue weighted by Crippen LogP contribution is 2.35. The number of benzene rings is 2. The summed E-state index contributed by atoms with van der Waals surface area (Å²) in [7, 11) is 1.93. The van der Waals surface area contributed by atoms with Gasteiger partial charge in [-0.1, -0.05) is 12.1 Å². The van der Waals surface area contributed by atoms with Crippen molar-refractivity contribution >= 4 is 27.2 Å². The molecule has 0 spiro atoms. The molecule has 2 aromatic carbocycles. The first-order valence-electron chi connectivity index (χ1n) is 6.62. The van der Waals surface area contributed by atoms with E-state index in [1.54, 1.807) is 11.3 Å². The molecule has 1 aromatic heterocycles. The maximum atomic E-state index is 5.54. The van der Waals surface area contributed by atoms with Crippen molar-refractivity contribution < 1.29 is 4.74 Å². The van der Waals surface area contributed by atoms with Gasteiger partial charge in [0.25, 0.3) is 0 Å². The van der Waals surface area contributed by atoms with Crippen molar-refractivity contribution in [1.29, 1.82) is 0 Å². The van der Waals surface area contributed by atoms with E-state index in [1.807, 2.05) is 38.2 Å². The van der Waals surface area contributed by atoms with Crippen molar-refractivity contribution in [2.45, 2.75) is 6.92 Å². The lowest BCUT2D eigenvalue weighted by molar-refractivity contribution is 0.341. The molecule has 3 aromatic rings. The van der Waals surface area contributed by atoms with E-state index in [4.69, 9.17) is 9.72 Å². The minimum Gasteiger partial charge on any atom is -0.494 e. The second-order valence-electron chi connectivity index (χ2n) is 4.38. The Labute approximate surface area is 122 Å². The van der Waals surface area contributed by atoms with Gasteiger partial charge in [-0.3, -0.25) is 0 Å². The average molecular weight is 284 g/mol. The zero-order valence-electron chi connectivity index (χ0n) is 11.5. The number of aromatic nitrogens is 1. The molecule has 0 atom stereocenters. The van der Waals surface area contributed by atoms with E-state index < -0.39 is 0 Å². The van der Waals surface area contributed by atoms with Crippen LogP contribution in [0.1, 0.15) is 6.92 Å². The number of nitrogens with one attached hydrogen (secondary N) is 1. The van der Waals surface area contributed by atoms with Crippen LogP contribution in [-0.4, -0.2) is 18.6 Å².